The fourth-order valence-electron chi connectivity index (χ4n) is 7.19. The molecule has 0 aliphatic carbocycles. The van der Waals surface area contributed by atoms with E-state index in [-0.39, 0.29) is 11.9 Å². The molecular formula is C30H39N5O3. The molecule has 0 spiro atoms. The maximum absolute atomic E-state index is 13.1. The normalized spacial score (nSPS) is 26.1. The Bertz CT molecular complexity index is 1160. The van der Waals surface area contributed by atoms with Crippen molar-refractivity contribution in [1.29, 1.82) is 0 Å². The van der Waals surface area contributed by atoms with Gasteiger partial charge in [0.2, 0.25) is 5.91 Å². The first kappa shape index (κ1) is 25.3. The third-order valence-electron chi connectivity index (χ3n) is 9.03. The summed E-state index contributed by atoms with van der Waals surface area (Å²) in [5.41, 5.74) is 4.87. The average Bonchev–Trinajstić information content (AvgIpc) is 3.39. The maximum Gasteiger partial charge on any atom is 0.320 e. The molecule has 3 saturated heterocycles. The number of aliphatic hydroxyl groups excluding tert-OH is 1. The van der Waals surface area contributed by atoms with E-state index in [2.05, 4.69) is 46.2 Å². The molecule has 1 aromatic carbocycles. The second-order valence-corrected chi connectivity index (χ2v) is 11.6. The standard InChI is InChI=1S/C30H39N5O3/c1-21(36)35-26-7-8-27(35)15-25(14-26)29-9-6-22(16-31-29)17-33-12-13-34(30(33)38)20-28(37)19-32-11-10-23-4-2-3-5-24(23)18-32/h2-6,9,16,25-28,37H,7-8,10-15,17-20H2,1H3/t25?,26?,27?,28-/m1/s1. The predicted molar refractivity (Wildman–Crippen MR) is 144 cm³/mol. The van der Waals surface area contributed by atoms with Crippen LogP contribution in [0.2, 0.25) is 0 Å². The minimum Gasteiger partial charge on any atom is -0.390 e. The van der Waals surface area contributed by atoms with Crippen LogP contribution >= 0.6 is 0 Å². The van der Waals surface area contributed by atoms with Crippen LogP contribution in [0.3, 0.4) is 0 Å². The molecule has 2 aromatic rings. The lowest BCUT2D eigenvalue weighted by Gasteiger charge is -2.38. The number of fused-ring (bicyclic) bond motifs is 3. The van der Waals surface area contributed by atoms with Crippen molar-refractivity contribution in [3.63, 3.8) is 0 Å². The molecule has 2 bridgehead atoms. The number of benzene rings is 1. The van der Waals surface area contributed by atoms with E-state index in [1.807, 2.05) is 11.1 Å². The highest BCUT2D eigenvalue weighted by molar-refractivity contribution is 5.76. The second kappa shape index (κ2) is 10.7. The highest BCUT2D eigenvalue weighted by Gasteiger charge is 2.42. The van der Waals surface area contributed by atoms with Gasteiger partial charge in [0.25, 0.3) is 0 Å². The van der Waals surface area contributed by atoms with Crippen LogP contribution in [0, 0.1) is 0 Å². The number of carbonyl (C=O) groups is 2. The summed E-state index contributed by atoms with van der Waals surface area (Å²) < 4.78 is 0. The number of piperidine rings is 1. The van der Waals surface area contributed by atoms with Crippen molar-refractivity contribution in [1.82, 2.24) is 24.6 Å². The maximum atomic E-state index is 13.1. The molecule has 2 unspecified atom stereocenters. The number of rotatable bonds is 7. The van der Waals surface area contributed by atoms with Crippen molar-refractivity contribution < 1.29 is 14.7 Å². The fourth-order valence-corrected chi connectivity index (χ4v) is 7.19. The van der Waals surface area contributed by atoms with Gasteiger partial charge < -0.3 is 19.8 Å². The molecule has 202 valence electrons. The minimum atomic E-state index is -0.560. The van der Waals surface area contributed by atoms with Crippen molar-refractivity contribution in [3.8, 4) is 0 Å². The average molecular weight is 518 g/mol. The van der Waals surface area contributed by atoms with Gasteiger partial charge >= 0.3 is 6.03 Å². The summed E-state index contributed by atoms with van der Waals surface area (Å²) in [4.78, 5) is 37.9. The number of hydrogen-bond acceptors (Lipinski definition) is 5. The molecule has 3 amide bonds. The molecule has 6 rings (SSSR count). The Labute approximate surface area is 225 Å². The Morgan fingerprint density at radius 1 is 1.00 bits per heavy atom. The number of carbonyl (C=O) groups excluding carboxylic acids is 2. The van der Waals surface area contributed by atoms with Crippen molar-refractivity contribution in [3.05, 3.63) is 65.0 Å². The van der Waals surface area contributed by atoms with Gasteiger partial charge in [0.15, 0.2) is 0 Å². The SMILES string of the molecule is CC(=O)N1C2CCC1CC(c1ccc(CN3CCN(C[C@H](O)CN4CCc5ccccc5C4)C3=O)cn1)C2. The van der Waals surface area contributed by atoms with E-state index in [0.29, 0.717) is 50.7 Å². The molecule has 0 radical (unpaired) electrons. The summed E-state index contributed by atoms with van der Waals surface area (Å²) in [6, 6.07) is 13.4. The molecule has 1 N–H and O–H groups in total. The number of pyridine rings is 1. The first-order valence-electron chi connectivity index (χ1n) is 14.2. The van der Waals surface area contributed by atoms with Crippen molar-refractivity contribution >= 4 is 11.9 Å². The summed E-state index contributed by atoms with van der Waals surface area (Å²) >= 11 is 0. The molecule has 8 heteroatoms. The van der Waals surface area contributed by atoms with E-state index in [9.17, 15) is 14.7 Å². The van der Waals surface area contributed by atoms with E-state index in [1.165, 1.54) is 11.1 Å². The first-order valence-corrected chi connectivity index (χ1v) is 14.2. The van der Waals surface area contributed by atoms with Gasteiger partial charge in [0, 0.05) is 82.6 Å². The third-order valence-corrected chi connectivity index (χ3v) is 9.03. The Hall–Kier alpha value is -2.97. The third kappa shape index (κ3) is 5.16. The molecule has 3 fully saturated rings. The van der Waals surface area contributed by atoms with Crippen molar-refractivity contribution in [2.24, 2.45) is 0 Å². The zero-order chi connectivity index (χ0) is 26.2. The number of nitrogens with zero attached hydrogens (tertiary/aromatic N) is 5. The van der Waals surface area contributed by atoms with Gasteiger partial charge in [0.1, 0.15) is 0 Å². The van der Waals surface area contributed by atoms with Crippen LogP contribution in [-0.2, 0) is 24.3 Å². The molecule has 4 aliphatic rings. The molecule has 5 heterocycles. The van der Waals surface area contributed by atoms with Crippen LogP contribution in [0.5, 0.6) is 0 Å². The van der Waals surface area contributed by atoms with E-state index in [0.717, 1.165) is 56.5 Å². The molecule has 0 saturated carbocycles. The molecule has 4 aliphatic heterocycles. The van der Waals surface area contributed by atoms with Crippen LogP contribution in [-0.4, -0.2) is 92.5 Å². The lowest BCUT2D eigenvalue weighted by atomic mass is 9.87. The summed E-state index contributed by atoms with van der Waals surface area (Å²) in [6.07, 6.45) is 6.55. The Morgan fingerprint density at radius 2 is 1.74 bits per heavy atom. The minimum absolute atomic E-state index is 0.00898. The van der Waals surface area contributed by atoms with Crippen LogP contribution in [0.1, 0.15) is 60.9 Å². The molecular weight excluding hydrogens is 478 g/mol. The van der Waals surface area contributed by atoms with E-state index in [4.69, 9.17) is 4.98 Å². The Morgan fingerprint density at radius 3 is 2.45 bits per heavy atom. The smallest absolute Gasteiger partial charge is 0.320 e. The number of hydrogen-bond donors (Lipinski definition) is 1. The van der Waals surface area contributed by atoms with Crippen LogP contribution < -0.4 is 0 Å². The number of aromatic nitrogens is 1. The van der Waals surface area contributed by atoms with Crippen molar-refractivity contribution in [2.75, 3.05) is 32.7 Å². The predicted octanol–water partition coefficient (Wildman–Crippen LogP) is 3.00. The summed E-state index contributed by atoms with van der Waals surface area (Å²) in [7, 11) is 0. The quantitative estimate of drug-likeness (QED) is 0.611. The molecule has 3 atom stereocenters. The Balaban J connectivity index is 0.988. The highest BCUT2D eigenvalue weighted by atomic mass is 16.3. The van der Waals surface area contributed by atoms with Gasteiger partial charge in [-0.25, -0.2) is 4.79 Å². The lowest BCUT2D eigenvalue weighted by molar-refractivity contribution is -0.133. The lowest BCUT2D eigenvalue weighted by Crippen LogP contribution is -2.45. The summed E-state index contributed by atoms with van der Waals surface area (Å²) in [6.45, 7) is 6.27. The first-order chi connectivity index (χ1) is 18.4. The zero-order valence-corrected chi connectivity index (χ0v) is 22.3. The van der Waals surface area contributed by atoms with Gasteiger partial charge in [-0.15, -0.1) is 0 Å². The fraction of sp³-hybridized carbons (Fsp3) is 0.567. The van der Waals surface area contributed by atoms with Crippen LogP contribution in [0.15, 0.2) is 42.6 Å². The number of amides is 3. The van der Waals surface area contributed by atoms with Crippen LogP contribution in [0.4, 0.5) is 4.79 Å². The van der Waals surface area contributed by atoms with Gasteiger partial charge in [-0.1, -0.05) is 30.3 Å². The number of urea groups is 1. The Kier molecular flexibility index (Phi) is 7.10. The zero-order valence-electron chi connectivity index (χ0n) is 22.3. The number of β-amino-alcohol motifs (C(OH)–C–C–N with tert-alkyl or cyclic N) is 1. The topological polar surface area (TPSA) is 80.2 Å². The highest BCUT2D eigenvalue weighted by Crippen LogP contribution is 2.42. The van der Waals surface area contributed by atoms with Crippen LogP contribution in [0.25, 0.3) is 0 Å². The summed E-state index contributed by atoms with van der Waals surface area (Å²) in [5.74, 6) is 0.601. The van der Waals surface area contributed by atoms with E-state index in [1.54, 1.807) is 11.8 Å². The van der Waals surface area contributed by atoms with Crippen molar-refractivity contribution in [2.45, 2.75) is 76.2 Å². The van der Waals surface area contributed by atoms with Gasteiger partial charge in [0.05, 0.1) is 6.10 Å². The molecule has 8 nitrogen and oxygen atoms in total. The summed E-state index contributed by atoms with van der Waals surface area (Å²) in [5, 5.41) is 10.8. The molecule has 38 heavy (non-hydrogen) atoms. The second-order valence-electron chi connectivity index (χ2n) is 11.6. The monoisotopic (exact) mass is 517 g/mol. The van der Waals surface area contributed by atoms with Gasteiger partial charge in [-0.3, -0.25) is 14.7 Å². The van der Waals surface area contributed by atoms with E-state index < -0.39 is 6.10 Å². The largest absolute Gasteiger partial charge is 0.390 e. The van der Waals surface area contributed by atoms with Gasteiger partial charge in [-0.05, 0) is 54.9 Å². The van der Waals surface area contributed by atoms with Gasteiger partial charge in [-0.2, -0.15) is 0 Å². The van der Waals surface area contributed by atoms with E-state index >= 15 is 0 Å². The molecule has 1 aromatic heterocycles. The number of aliphatic hydroxyl groups is 1.